The van der Waals surface area contributed by atoms with E-state index in [1.165, 1.54) is 0 Å². The standard InChI is InChI=1S/C14H22N2O3S/c1-2-4-19-13-7-12(8-16-9-13)14(15)6-11-3-5-20(17,18)10-11/h7-9,11,14H,2-6,10,15H2,1H3. The topological polar surface area (TPSA) is 82.3 Å². The van der Waals surface area contributed by atoms with Gasteiger partial charge < -0.3 is 10.5 Å². The quantitative estimate of drug-likeness (QED) is 0.864. The van der Waals surface area contributed by atoms with E-state index in [2.05, 4.69) is 4.98 Å². The zero-order chi connectivity index (χ0) is 14.6. The Hall–Kier alpha value is -1.14. The molecule has 1 fully saturated rings. The number of nitrogens with zero attached hydrogens (tertiary/aromatic N) is 1. The van der Waals surface area contributed by atoms with Gasteiger partial charge in [-0.3, -0.25) is 4.98 Å². The molecule has 6 heteroatoms. The highest BCUT2D eigenvalue weighted by Crippen LogP contribution is 2.28. The number of ether oxygens (including phenoxy) is 1. The highest BCUT2D eigenvalue weighted by Gasteiger charge is 2.29. The van der Waals surface area contributed by atoms with Gasteiger partial charge in [-0.25, -0.2) is 8.42 Å². The minimum absolute atomic E-state index is 0.162. The van der Waals surface area contributed by atoms with Crippen molar-refractivity contribution in [2.75, 3.05) is 18.1 Å². The zero-order valence-corrected chi connectivity index (χ0v) is 12.6. The Morgan fingerprint density at radius 1 is 1.50 bits per heavy atom. The number of rotatable bonds is 6. The van der Waals surface area contributed by atoms with Gasteiger partial charge in [0, 0.05) is 12.2 Å². The van der Waals surface area contributed by atoms with Crippen LogP contribution in [0.15, 0.2) is 18.5 Å². The van der Waals surface area contributed by atoms with E-state index in [0.717, 1.165) is 24.2 Å². The molecule has 0 bridgehead atoms. The molecule has 2 N–H and O–H groups in total. The first-order valence-corrected chi connectivity index (χ1v) is 8.86. The molecule has 0 amide bonds. The predicted octanol–water partition coefficient (Wildman–Crippen LogP) is 1.69. The summed E-state index contributed by atoms with van der Waals surface area (Å²) in [5, 5.41) is 0. The molecule has 2 rings (SSSR count). The first kappa shape index (κ1) is 15.3. The molecule has 1 aromatic rings. The number of aromatic nitrogens is 1. The summed E-state index contributed by atoms with van der Waals surface area (Å²) in [6.45, 7) is 2.70. The fourth-order valence-corrected chi connectivity index (χ4v) is 4.37. The Labute approximate surface area is 120 Å². The van der Waals surface area contributed by atoms with E-state index < -0.39 is 9.84 Å². The summed E-state index contributed by atoms with van der Waals surface area (Å²) in [5.74, 6) is 1.44. The van der Waals surface area contributed by atoms with Gasteiger partial charge in [-0.15, -0.1) is 0 Å². The third-order valence-electron chi connectivity index (χ3n) is 3.55. The van der Waals surface area contributed by atoms with Crippen molar-refractivity contribution in [2.24, 2.45) is 11.7 Å². The number of pyridine rings is 1. The SMILES string of the molecule is CCCOc1cncc(C(N)CC2CCS(=O)(=O)C2)c1. The summed E-state index contributed by atoms with van der Waals surface area (Å²) in [7, 11) is -2.84. The Bertz CT molecular complexity index is 545. The van der Waals surface area contributed by atoms with Gasteiger partial charge in [0.15, 0.2) is 9.84 Å². The Kier molecular flexibility index (Phi) is 4.99. The van der Waals surface area contributed by atoms with E-state index in [1.54, 1.807) is 12.4 Å². The lowest BCUT2D eigenvalue weighted by molar-refractivity contribution is 0.315. The molecule has 1 aliphatic heterocycles. The molecule has 0 saturated carbocycles. The summed E-state index contributed by atoms with van der Waals surface area (Å²) < 4.78 is 28.5. The van der Waals surface area contributed by atoms with Gasteiger partial charge in [-0.1, -0.05) is 6.92 Å². The van der Waals surface area contributed by atoms with E-state index in [-0.39, 0.29) is 17.7 Å². The molecule has 1 aliphatic rings. The van der Waals surface area contributed by atoms with Crippen LogP contribution in [0.5, 0.6) is 5.75 Å². The van der Waals surface area contributed by atoms with Crippen LogP contribution < -0.4 is 10.5 Å². The summed E-state index contributed by atoms with van der Waals surface area (Å²) in [4.78, 5) is 4.14. The normalized spacial score (nSPS) is 22.6. The number of hydrogen-bond acceptors (Lipinski definition) is 5. The van der Waals surface area contributed by atoms with Crippen LogP contribution in [-0.4, -0.2) is 31.5 Å². The van der Waals surface area contributed by atoms with Gasteiger partial charge in [-0.2, -0.15) is 0 Å². The molecule has 20 heavy (non-hydrogen) atoms. The van der Waals surface area contributed by atoms with Crippen molar-refractivity contribution in [3.8, 4) is 5.75 Å². The second kappa shape index (κ2) is 6.54. The first-order valence-electron chi connectivity index (χ1n) is 7.04. The molecule has 112 valence electrons. The van der Waals surface area contributed by atoms with Crippen molar-refractivity contribution in [3.63, 3.8) is 0 Å². The number of nitrogens with two attached hydrogens (primary N) is 1. The maximum absolute atomic E-state index is 11.5. The minimum atomic E-state index is -2.84. The maximum Gasteiger partial charge on any atom is 0.150 e. The fourth-order valence-electron chi connectivity index (χ4n) is 2.49. The van der Waals surface area contributed by atoms with Gasteiger partial charge in [-0.05, 0) is 36.8 Å². The van der Waals surface area contributed by atoms with E-state index in [4.69, 9.17) is 10.5 Å². The van der Waals surface area contributed by atoms with Gasteiger partial charge in [0.2, 0.25) is 0 Å². The average molecular weight is 298 g/mol. The summed E-state index contributed by atoms with van der Waals surface area (Å²) >= 11 is 0. The predicted molar refractivity (Wildman–Crippen MR) is 78.3 cm³/mol. The molecule has 0 aromatic carbocycles. The van der Waals surface area contributed by atoms with Crippen molar-refractivity contribution in [1.29, 1.82) is 0 Å². The van der Waals surface area contributed by atoms with E-state index >= 15 is 0 Å². The van der Waals surface area contributed by atoms with Crippen molar-refractivity contribution < 1.29 is 13.2 Å². The summed E-state index contributed by atoms with van der Waals surface area (Å²) in [6, 6.07) is 1.71. The van der Waals surface area contributed by atoms with Gasteiger partial charge in [0.1, 0.15) is 5.75 Å². The van der Waals surface area contributed by atoms with E-state index in [9.17, 15) is 8.42 Å². The molecule has 2 atom stereocenters. The molecule has 1 saturated heterocycles. The zero-order valence-electron chi connectivity index (χ0n) is 11.8. The molecular formula is C14H22N2O3S. The van der Waals surface area contributed by atoms with Crippen molar-refractivity contribution in [3.05, 3.63) is 24.0 Å². The van der Waals surface area contributed by atoms with E-state index in [0.29, 0.717) is 18.8 Å². The van der Waals surface area contributed by atoms with Crippen molar-refractivity contribution in [2.45, 2.75) is 32.2 Å². The first-order chi connectivity index (χ1) is 9.50. The third kappa shape index (κ3) is 4.18. The molecule has 2 heterocycles. The van der Waals surface area contributed by atoms with Crippen molar-refractivity contribution >= 4 is 9.84 Å². The lowest BCUT2D eigenvalue weighted by atomic mass is 9.96. The second-order valence-corrected chi connectivity index (χ2v) is 7.64. The molecule has 5 nitrogen and oxygen atoms in total. The Morgan fingerprint density at radius 3 is 2.95 bits per heavy atom. The van der Waals surface area contributed by atoms with Crippen LogP contribution in [-0.2, 0) is 9.84 Å². The average Bonchev–Trinajstić information content (AvgIpc) is 2.76. The molecular weight excluding hydrogens is 276 g/mol. The smallest absolute Gasteiger partial charge is 0.150 e. The van der Waals surface area contributed by atoms with Crippen LogP contribution in [0, 0.1) is 5.92 Å². The minimum Gasteiger partial charge on any atom is -0.492 e. The Balaban J connectivity index is 1.97. The number of hydrogen-bond donors (Lipinski definition) is 1. The van der Waals surface area contributed by atoms with Gasteiger partial charge in [0.25, 0.3) is 0 Å². The third-order valence-corrected chi connectivity index (χ3v) is 5.39. The summed E-state index contributed by atoms with van der Waals surface area (Å²) in [5.41, 5.74) is 7.08. The lowest BCUT2D eigenvalue weighted by Crippen LogP contribution is -2.16. The van der Waals surface area contributed by atoms with Crippen LogP contribution >= 0.6 is 0 Å². The Morgan fingerprint density at radius 2 is 2.30 bits per heavy atom. The maximum atomic E-state index is 11.5. The van der Waals surface area contributed by atoms with Crippen LogP contribution in [0.1, 0.15) is 37.8 Å². The molecule has 1 aromatic heterocycles. The molecule has 0 radical (unpaired) electrons. The number of sulfone groups is 1. The monoisotopic (exact) mass is 298 g/mol. The molecule has 0 aliphatic carbocycles. The lowest BCUT2D eigenvalue weighted by Gasteiger charge is -2.16. The largest absolute Gasteiger partial charge is 0.492 e. The van der Waals surface area contributed by atoms with Gasteiger partial charge in [0.05, 0.1) is 24.3 Å². The van der Waals surface area contributed by atoms with Gasteiger partial charge >= 0.3 is 0 Å². The van der Waals surface area contributed by atoms with Crippen molar-refractivity contribution in [1.82, 2.24) is 4.98 Å². The van der Waals surface area contributed by atoms with E-state index in [1.807, 2.05) is 13.0 Å². The summed E-state index contributed by atoms with van der Waals surface area (Å²) in [6.07, 6.45) is 5.74. The van der Waals surface area contributed by atoms with Crippen LogP contribution in [0.4, 0.5) is 0 Å². The second-order valence-electron chi connectivity index (χ2n) is 5.41. The van der Waals surface area contributed by atoms with Crippen LogP contribution in [0.25, 0.3) is 0 Å². The molecule has 2 unspecified atom stereocenters. The highest BCUT2D eigenvalue weighted by atomic mass is 32.2. The fraction of sp³-hybridized carbons (Fsp3) is 0.643. The molecule has 0 spiro atoms. The van der Waals surface area contributed by atoms with Crippen LogP contribution in [0.3, 0.4) is 0 Å². The van der Waals surface area contributed by atoms with Crippen LogP contribution in [0.2, 0.25) is 0 Å². The highest BCUT2D eigenvalue weighted by molar-refractivity contribution is 7.91.